The molecular weight excluding hydrogens is 306 g/mol. The van der Waals surface area contributed by atoms with E-state index in [9.17, 15) is 4.79 Å². The molecule has 2 rings (SSSR count). The molecule has 0 amide bonds. The minimum absolute atomic E-state index is 0.105. The van der Waals surface area contributed by atoms with E-state index in [2.05, 4.69) is 37.8 Å². The molecule has 0 saturated carbocycles. The number of nitrogens with zero attached hydrogens (tertiary/aromatic N) is 1. The highest BCUT2D eigenvalue weighted by Crippen LogP contribution is 2.15. The molecule has 1 atom stereocenters. The maximum atomic E-state index is 12.6. The van der Waals surface area contributed by atoms with E-state index in [1.165, 1.54) is 31.5 Å². The third kappa shape index (κ3) is 6.13. The van der Waals surface area contributed by atoms with Crippen LogP contribution in [0.2, 0.25) is 0 Å². The first-order chi connectivity index (χ1) is 12.1. The third-order valence-corrected chi connectivity index (χ3v) is 4.46. The molecule has 0 spiro atoms. The Balaban J connectivity index is 2.02. The molecule has 2 aromatic rings. The number of rotatable bonds is 10. The Kier molecular flexibility index (Phi) is 7.87. The highest BCUT2D eigenvalue weighted by Gasteiger charge is 2.12. The standard InChI is InChI=1S/C23H31NO/c1-4-14-24(15-5-2)18-19(3)16-20-10-9-13-22(17-20)23(25)21-11-7-6-8-12-21/h6-13,17,19H,4-5,14-16,18H2,1-3H3. The largest absolute Gasteiger partial charge is 0.303 e. The molecule has 2 nitrogen and oxygen atoms in total. The topological polar surface area (TPSA) is 20.3 Å². The van der Waals surface area contributed by atoms with E-state index >= 15 is 0 Å². The zero-order chi connectivity index (χ0) is 18.1. The van der Waals surface area contributed by atoms with E-state index in [0.717, 1.165) is 24.1 Å². The Bertz CT molecular complexity index is 644. The van der Waals surface area contributed by atoms with Gasteiger partial charge < -0.3 is 4.90 Å². The first-order valence-electron chi connectivity index (χ1n) is 9.55. The van der Waals surface area contributed by atoms with Gasteiger partial charge >= 0.3 is 0 Å². The van der Waals surface area contributed by atoms with Crippen LogP contribution < -0.4 is 0 Å². The monoisotopic (exact) mass is 337 g/mol. The summed E-state index contributed by atoms with van der Waals surface area (Å²) in [4.78, 5) is 15.2. The van der Waals surface area contributed by atoms with Gasteiger partial charge in [0.1, 0.15) is 0 Å². The van der Waals surface area contributed by atoms with Crippen molar-refractivity contribution in [3.05, 3.63) is 71.3 Å². The van der Waals surface area contributed by atoms with E-state index in [4.69, 9.17) is 0 Å². The molecule has 0 N–H and O–H groups in total. The van der Waals surface area contributed by atoms with Crippen molar-refractivity contribution in [1.29, 1.82) is 0 Å². The molecule has 2 heteroatoms. The van der Waals surface area contributed by atoms with Gasteiger partial charge in [0.25, 0.3) is 0 Å². The normalized spacial score (nSPS) is 12.3. The van der Waals surface area contributed by atoms with E-state index in [0.29, 0.717) is 5.92 Å². The highest BCUT2D eigenvalue weighted by molar-refractivity contribution is 6.09. The van der Waals surface area contributed by atoms with Crippen molar-refractivity contribution in [2.24, 2.45) is 5.92 Å². The van der Waals surface area contributed by atoms with Crippen LogP contribution in [0.25, 0.3) is 0 Å². The molecule has 0 aliphatic carbocycles. The van der Waals surface area contributed by atoms with E-state index in [-0.39, 0.29) is 5.78 Å². The summed E-state index contributed by atoms with van der Waals surface area (Å²) in [6, 6.07) is 17.7. The van der Waals surface area contributed by atoms with Gasteiger partial charge in [-0.1, -0.05) is 69.3 Å². The van der Waals surface area contributed by atoms with Crippen molar-refractivity contribution in [2.75, 3.05) is 19.6 Å². The van der Waals surface area contributed by atoms with Gasteiger partial charge in [-0.2, -0.15) is 0 Å². The number of ketones is 1. The molecule has 0 aromatic heterocycles. The highest BCUT2D eigenvalue weighted by atomic mass is 16.1. The fraction of sp³-hybridized carbons (Fsp3) is 0.435. The van der Waals surface area contributed by atoms with Crippen molar-refractivity contribution in [1.82, 2.24) is 4.90 Å². The van der Waals surface area contributed by atoms with Crippen LogP contribution >= 0.6 is 0 Å². The first kappa shape index (κ1) is 19.4. The number of benzene rings is 2. The zero-order valence-electron chi connectivity index (χ0n) is 15.9. The van der Waals surface area contributed by atoms with Crippen LogP contribution in [0.1, 0.15) is 55.1 Å². The summed E-state index contributed by atoms with van der Waals surface area (Å²) in [5.74, 6) is 0.689. The van der Waals surface area contributed by atoms with E-state index < -0.39 is 0 Å². The van der Waals surface area contributed by atoms with Gasteiger partial charge in [-0.05, 0) is 49.9 Å². The molecule has 1 unspecified atom stereocenters. The quantitative estimate of drug-likeness (QED) is 0.554. The molecule has 0 aliphatic rings. The lowest BCUT2D eigenvalue weighted by Gasteiger charge is -2.25. The number of hydrogen-bond acceptors (Lipinski definition) is 2. The Hall–Kier alpha value is -1.93. The molecule has 0 bridgehead atoms. The second kappa shape index (κ2) is 10.1. The maximum absolute atomic E-state index is 12.6. The maximum Gasteiger partial charge on any atom is 0.193 e. The Labute approximate surface area is 152 Å². The van der Waals surface area contributed by atoms with Crippen LogP contribution in [-0.2, 0) is 6.42 Å². The molecule has 0 heterocycles. The van der Waals surface area contributed by atoms with Crippen LogP contribution in [0.4, 0.5) is 0 Å². The van der Waals surface area contributed by atoms with E-state index in [1.54, 1.807) is 0 Å². The van der Waals surface area contributed by atoms with E-state index in [1.807, 2.05) is 42.5 Å². The summed E-state index contributed by atoms with van der Waals surface area (Å²) in [6.07, 6.45) is 3.42. The number of carbonyl (C=O) groups excluding carboxylic acids is 1. The third-order valence-electron chi connectivity index (χ3n) is 4.46. The summed E-state index contributed by atoms with van der Waals surface area (Å²) in [5.41, 5.74) is 2.79. The first-order valence-corrected chi connectivity index (χ1v) is 9.55. The number of hydrogen-bond donors (Lipinski definition) is 0. The summed E-state index contributed by atoms with van der Waals surface area (Å²) in [6.45, 7) is 10.3. The number of carbonyl (C=O) groups is 1. The minimum Gasteiger partial charge on any atom is -0.303 e. The molecule has 2 aromatic carbocycles. The summed E-state index contributed by atoms with van der Waals surface area (Å²) >= 11 is 0. The molecular formula is C23H31NO. The SMILES string of the molecule is CCCN(CCC)CC(C)Cc1cccc(C(=O)c2ccccc2)c1. The average Bonchev–Trinajstić information content (AvgIpc) is 2.62. The predicted octanol–water partition coefficient (Wildman–Crippen LogP) is 5.22. The van der Waals surface area contributed by atoms with Gasteiger partial charge in [0, 0.05) is 17.7 Å². The Morgan fingerprint density at radius 3 is 2.20 bits per heavy atom. The fourth-order valence-electron chi connectivity index (χ4n) is 3.43. The zero-order valence-corrected chi connectivity index (χ0v) is 15.9. The lowest BCUT2D eigenvalue weighted by atomic mass is 9.96. The lowest BCUT2D eigenvalue weighted by Crippen LogP contribution is -2.31. The van der Waals surface area contributed by atoms with Crippen molar-refractivity contribution < 1.29 is 4.79 Å². The molecule has 0 aliphatic heterocycles. The predicted molar refractivity (Wildman–Crippen MR) is 106 cm³/mol. The van der Waals surface area contributed by atoms with Crippen molar-refractivity contribution in [3.8, 4) is 0 Å². The summed E-state index contributed by atoms with van der Waals surface area (Å²) < 4.78 is 0. The van der Waals surface area contributed by atoms with Gasteiger partial charge in [-0.25, -0.2) is 0 Å². The Morgan fingerprint density at radius 1 is 0.920 bits per heavy atom. The van der Waals surface area contributed by atoms with Gasteiger partial charge in [-0.15, -0.1) is 0 Å². The molecule has 0 radical (unpaired) electrons. The smallest absolute Gasteiger partial charge is 0.193 e. The van der Waals surface area contributed by atoms with Crippen molar-refractivity contribution in [3.63, 3.8) is 0 Å². The second-order valence-electron chi connectivity index (χ2n) is 7.01. The minimum atomic E-state index is 0.105. The van der Waals surface area contributed by atoms with Crippen LogP contribution in [-0.4, -0.2) is 30.3 Å². The fourth-order valence-corrected chi connectivity index (χ4v) is 3.43. The lowest BCUT2D eigenvalue weighted by molar-refractivity contribution is 0.103. The van der Waals surface area contributed by atoms with Gasteiger partial charge in [0.05, 0.1) is 0 Å². The average molecular weight is 338 g/mol. The van der Waals surface area contributed by atoms with Crippen LogP contribution in [0.3, 0.4) is 0 Å². The van der Waals surface area contributed by atoms with Crippen molar-refractivity contribution in [2.45, 2.75) is 40.0 Å². The molecule has 25 heavy (non-hydrogen) atoms. The second-order valence-corrected chi connectivity index (χ2v) is 7.01. The summed E-state index contributed by atoms with van der Waals surface area (Å²) in [5, 5.41) is 0. The van der Waals surface area contributed by atoms with Gasteiger partial charge in [0.15, 0.2) is 5.78 Å². The van der Waals surface area contributed by atoms with Crippen LogP contribution in [0, 0.1) is 5.92 Å². The van der Waals surface area contributed by atoms with Crippen molar-refractivity contribution >= 4 is 5.78 Å². The molecule has 0 saturated heterocycles. The molecule has 134 valence electrons. The van der Waals surface area contributed by atoms with Gasteiger partial charge in [0.2, 0.25) is 0 Å². The van der Waals surface area contributed by atoms with Crippen LogP contribution in [0.15, 0.2) is 54.6 Å². The Morgan fingerprint density at radius 2 is 1.56 bits per heavy atom. The molecule has 0 fully saturated rings. The summed E-state index contributed by atoms with van der Waals surface area (Å²) in [7, 11) is 0. The van der Waals surface area contributed by atoms with Gasteiger partial charge in [-0.3, -0.25) is 4.79 Å². The van der Waals surface area contributed by atoms with Crippen LogP contribution in [0.5, 0.6) is 0 Å².